The van der Waals surface area contributed by atoms with Crippen LogP contribution in [0.5, 0.6) is 0 Å². The zero-order chi connectivity index (χ0) is 16.4. The van der Waals surface area contributed by atoms with Crippen molar-refractivity contribution in [3.63, 3.8) is 0 Å². The summed E-state index contributed by atoms with van der Waals surface area (Å²) in [5.74, 6) is 0.700. The van der Waals surface area contributed by atoms with Gasteiger partial charge in [-0.2, -0.15) is 0 Å². The Morgan fingerprint density at radius 2 is 2.09 bits per heavy atom. The van der Waals surface area contributed by atoms with Gasteiger partial charge in [-0.1, -0.05) is 32.0 Å². The predicted molar refractivity (Wildman–Crippen MR) is 92.3 cm³/mol. The van der Waals surface area contributed by atoms with Crippen LogP contribution in [0.3, 0.4) is 0 Å². The van der Waals surface area contributed by atoms with Gasteiger partial charge in [-0.05, 0) is 25.3 Å². The predicted octanol–water partition coefficient (Wildman–Crippen LogP) is 3.50. The van der Waals surface area contributed by atoms with E-state index in [9.17, 15) is 4.79 Å². The lowest BCUT2D eigenvalue weighted by atomic mass is 10.0. The first-order chi connectivity index (χ1) is 11.1. The molecule has 124 valence electrons. The van der Waals surface area contributed by atoms with Gasteiger partial charge in [-0.25, -0.2) is 0 Å². The lowest BCUT2D eigenvalue weighted by Gasteiger charge is -2.29. The number of nitrogens with one attached hydrogen (secondary N) is 1. The van der Waals surface area contributed by atoms with Gasteiger partial charge >= 0.3 is 0 Å². The number of fused-ring (bicyclic) bond motifs is 3. The molecule has 1 atom stereocenters. The summed E-state index contributed by atoms with van der Waals surface area (Å²) >= 11 is 0. The van der Waals surface area contributed by atoms with E-state index >= 15 is 0 Å². The molecule has 4 heteroatoms. The molecule has 4 nitrogen and oxygen atoms in total. The van der Waals surface area contributed by atoms with Crippen LogP contribution < -0.4 is 0 Å². The largest absolute Gasteiger partial charge is 0.369 e. The summed E-state index contributed by atoms with van der Waals surface area (Å²) in [5, 5.41) is 1.23. The molecule has 0 aliphatic carbocycles. The number of aromatic amines is 1. The van der Waals surface area contributed by atoms with Crippen LogP contribution >= 0.6 is 0 Å². The molecule has 2 heterocycles. The fourth-order valence-corrected chi connectivity index (χ4v) is 3.16. The third kappa shape index (κ3) is 3.42. The molecule has 0 fully saturated rings. The number of hydrogen-bond acceptors (Lipinski definition) is 2. The van der Waals surface area contributed by atoms with E-state index in [0.29, 0.717) is 19.1 Å². The molecule has 1 aliphatic rings. The topological polar surface area (TPSA) is 45.3 Å². The number of amides is 1. The smallest absolute Gasteiger partial charge is 0.251 e. The molecule has 1 aliphatic heterocycles. The fraction of sp³-hybridized carbons (Fsp3) is 0.526. The molecule has 0 saturated carbocycles. The number of nitrogens with zero attached hydrogens (tertiary/aromatic N) is 1. The zero-order valence-corrected chi connectivity index (χ0v) is 14.3. The highest BCUT2D eigenvalue weighted by Crippen LogP contribution is 2.27. The Morgan fingerprint density at radius 1 is 1.30 bits per heavy atom. The Morgan fingerprint density at radius 3 is 2.87 bits per heavy atom. The molecule has 1 aromatic carbocycles. The Labute approximate surface area is 137 Å². The van der Waals surface area contributed by atoms with Gasteiger partial charge in [-0.15, -0.1) is 0 Å². The van der Waals surface area contributed by atoms with Gasteiger partial charge in [0.2, 0.25) is 0 Å². The molecular formula is C19H26N2O2. The maximum absolute atomic E-state index is 12.6. The summed E-state index contributed by atoms with van der Waals surface area (Å²) in [4.78, 5) is 18.0. The fourth-order valence-electron chi connectivity index (χ4n) is 3.16. The Balaban J connectivity index is 1.67. The maximum atomic E-state index is 12.6. The number of ether oxygens (including phenoxy) is 1. The van der Waals surface area contributed by atoms with Gasteiger partial charge < -0.3 is 14.6 Å². The maximum Gasteiger partial charge on any atom is 0.251 e. The van der Waals surface area contributed by atoms with Crippen molar-refractivity contribution in [2.75, 3.05) is 13.2 Å². The van der Waals surface area contributed by atoms with Gasteiger partial charge in [0.05, 0.1) is 0 Å². The number of carbonyl (C=O) groups excluding carboxylic acids is 1. The first-order valence-corrected chi connectivity index (χ1v) is 8.55. The highest BCUT2D eigenvalue weighted by molar-refractivity contribution is 5.86. The lowest BCUT2D eigenvalue weighted by molar-refractivity contribution is -0.143. The minimum atomic E-state index is -0.361. The number of benzene rings is 1. The Hall–Kier alpha value is -1.81. The van der Waals surface area contributed by atoms with Crippen molar-refractivity contribution in [2.24, 2.45) is 5.92 Å². The molecule has 1 N–H and O–H groups in total. The minimum Gasteiger partial charge on any atom is -0.369 e. The third-order valence-electron chi connectivity index (χ3n) is 4.61. The van der Waals surface area contributed by atoms with Crippen LogP contribution in [0, 0.1) is 5.92 Å². The molecular weight excluding hydrogens is 288 g/mol. The summed E-state index contributed by atoms with van der Waals surface area (Å²) in [6.45, 7) is 8.29. The lowest BCUT2D eigenvalue weighted by Crippen LogP contribution is -2.42. The van der Waals surface area contributed by atoms with Gasteiger partial charge in [0, 0.05) is 48.3 Å². The average Bonchev–Trinajstić information content (AvgIpc) is 2.91. The van der Waals surface area contributed by atoms with Crippen molar-refractivity contribution in [1.29, 1.82) is 0 Å². The molecule has 23 heavy (non-hydrogen) atoms. The van der Waals surface area contributed by atoms with Crippen molar-refractivity contribution in [3.8, 4) is 0 Å². The average molecular weight is 314 g/mol. The van der Waals surface area contributed by atoms with E-state index in [1.807, 2.05) is 17.9 Å². The number of para-hydroxylation sites is 1. The molecule has 0 bridgehead atoms. The van der Waals surface area contributed by atoms with Crippen LogP contribution in [0.2, 0.25) is 0 Å². The highest BCUT2D eigenvalue weighted by atomic mass is 16.5. The van der Waals surface area contributed by atoms with Gasteiger partial charge in [0.25, 0.3) is 5.91 Å². The third-order valence-corrected chi connectivity index (χ3v) is 4.61. The first kappa shape index (κ1) is 16.1. The molecule has 0 spiro atoms. The molecule has 1 amide bonds. The van der Waals surface area contributed by atoms with Crippen molar-refractivity contribution in [3.05, 3.63) is 35.5 Å². The molecule has 1 unspecified atom stereocenters. The molecule has 1 aromatic heterocycles. The van der Waals surface area contributed by atoms with Gasteiger partial charge in [0.1, 0.15) is 6.10 Å². The number of carbonyl (C=O) groups is 1. The van der Waals surface area contributed by atoms with E-state index in [4.69, 9.17) is 4.74 Å². The first-order valence-electron chi connectivity index (χ1n) is 8.55. The van der Waals surface area contributed by atoms with E-state index in [-0.39, 0.29) is 12.0 Å². The van der Waals surface area contributed by atoms with Crippen LogP contribution in [-0.2, 0) is 22.5 Å². The van der Waals surface area contributed by atoms with Crippen molar-refractivity contribution in [2.45, 2.75) is 46.3 Å². The number of hydrogen-bond donors (Lipinski definition) is 1. The van der Waals surface area contributed by atoms with Crippen LogP contribution in [0.25, 0.3) is 10.9 Å². The van der Waals surface area contributed by atoms with Gasteiger partial charge in [-0.3, -0.25) is 4.79 Å². The summed E-state index contributed by atoms with van der Waals surface area (Å²) < 4.78 is 5.73. The molecule has 3 rings (SSSR count). The molecule has 2 aromatic rings. The van der Waals surface area contributed by atoms with Crippen molar-refractivity contribution >= 4 is 16.8 Å². The Bertz CT molecular complexity index is 690. The minimum absolute atomic E-state index is 0.102. The van der Waals surface area contributed by atoms with E-state index in [1.165, 1.54) is 16.6 Å². The van der Waals surface area contributed by atoms with Crippen LogP contribution in [0.1, 0.15) is 38.4 Å². The molecule has 0 saturated heterocycles. The van der Waals surface area contributed by atoms with Gasteiger partial charge in [0.15, 0.2) is 0 Å². The van der Waals surface area contributed by atoms with Crippen LogP contribution in [0.4, 0.5) is 0 Å². The second kappa shape index (κ2) is 6.75. The standard InChI is InChI=1S/C19H26N2O2/c1-13(2)9-11-23-14(3)19(22)21-10-8-18-16(12-21)15-6-4-5-7-17(15)20-18/h4-7,13-14,20H,8-12H2,1-3H3. The second-order valence-corrected chi connectivity index (χ2v) is 6.83. The summed E-state index contributed by atoms with van der Waals surface area (Å²) in [5.41, 5.74) is 3.69. The number of H-pyrrole nitrogens is 1. The zero-order valence-electron chi connectivity index (χ0n) is 14.3. The van der Waals surface area contributed by atoms with E-state index in [2.05, 4.69) is 37.0 Å². The van der Waals surface area contributed by atoms with Crippen LogP contribution in [-0.4, -0.2) is 35.0 Å². The van der Waals surface area contributed by atoms with E-state index in [0.717, 1.165) is 24.9 Å². The van der Waals surface area contributed by atoms with Crippen molar-refractivity contribution < 1.29 is 9.53 Å². The van der Waals surface area contributed by atoms with Crippen LogP contribution in [0.15, 0.2) is 24.3 Å². The molecule has 0 radical (unpaired) electrons. The second-order valence-electron chi connectivity index (χ2n) is 6.83. The summed E-state index contributed by atoms with van der Waals surface area (Å²) in [6.07, 6.45) is 1.51. The quantitative estimate of drug-likeness (QED) is 0.918. The normalized spacial score (nSPS) is 15.9. The number of rotatable bonds is 5. The highest BCUT2D eigenvalue weighted by Gasteiger charge is 2.27. The SMILES string of the molecule is CC(C)CCOC(C)C(=O)N1CCc2[nH]c3ccccc3c2C1. The number of aromatic nitrogens is 1. The summed E-state index contributed by atoms with van der Waals surface area (Å²) in [7, 11) is 0. The summed E-state index contributed by atoms with van der Waals surface area (Å²) in [6, 6.07) is 8.31. The Kier molecular flexibility index (Phi) is 4.71. The van der Waals surface area contributed by atoms with E-state index < -0.39 is 0 Å². The monoisotopic (exact) mass is 314 g/mol. The van der Waals surface area contributed by atoms with E-state index in [1.54, 1.807) is 0 Å². The van der Waals surface area contributed by atoms with Crippen molar-refractivity contribution in [1.82, 2.24) is 9.88 Å².